The lowest BCUT2D eigenvalue weighted by atomic mass is 9.74. The van der Waals surface area contributed by atoms with E-state index in [1.807, 2.05) is 6.20 Å². The van der Waals surface area contributed by atoms with E-state index < -0.39 is 0 Å². The van der Waals surface area contributed by atoms with Gasteiger partial charge in [-0.1, -0.05) is 24.3 Å². The number of aromatic nitrogens is 2. The maximum Gasteiger partial charge on any atom is 0.123 e. The van der Waals surface area contributed by atoms with Crippen molar-refractivity contribution in [3.05, 3.63) is 53.6 Å². The molecule has 1 heterocycles. The van der Waals surface area contributed by atoms with Gasteiger partial charge in [0.25, 0.3) is 0 Å². The molecule has 3 N–H and O–H groups in total. The minimum absolute atomic E-state index is 0.0216. The number of nitrogens with one attached hydrogen (secondary N) is 1. The van der Waals surface area contributed by atoms with Crippen molar-refractivity contribution in [1.82, 2.24) is 9.97 Å². The van der Waals surface area contributed by atoms with Crippen LogP contribution < -0.4 is 5.73 Å². The predicted molar refractivity (Wildman–Crippen MR) is 63.0 cm³/mol. The zero-order valence-electron chi connectivity index (χ0n) is 9.06. The fourth-order valence-corrected chi connectivity index (χ4v) is 2.47. The lowest BCUT2D eigenvalue weighted by molar-refractivity contribution is 0.486. The van der Waals surface area contributed by atoms with Crippen LogP contribution in [0.25, 0.3) is 0 Å². The van der Waals surface area contributed by atoms with Crippen LogP contribution in [0.15, 0.2) is 36.7 Å². The van der Waals surface area contributed by atoms with Crippen molar-refractivity contribution in [2.75, 3.05) is 0 Å². The number of aromatic amines is 1. The van der Waals surface area contributed by atoms with Gasteiger partial charge in [-0.3, -0.25) is 0 Å². The van der Waals surface area contributed by atoms with E-state index >= 15 is 0 Å². The van der Waals surface area contributed by atoms with Gasteiger partial charge in [-0.05, 0) is 29.9 Å². The second-order valence-electron chi connectivity index (χ2n) is 4.42. The number of benzene rings is 1. The largest absolute Gasteiger partial charge is 0.347 e. The molecular formula is C13H15N3. The highest BCUT2D eigenvalue weighted by Gasteiger charge is 2.27. The topological polar surface area (TPSA) is 54.7 Å². The molecule has 82 valence electrons. The molecule has 0 spiro atoms. The molecule has 0 aliphatic heterocycles. The van der Waals surface area contributed by atoms with E-state index in [1.54, 1.807) is 6.20 Å². The Morgan fingerprint density at radius 1 is 1.44 bits per heavy atom. The van der Waals surface area contributed by atoms with Crippen molar-refractivity contribution >= 4 is 0 Å². The molecule has 0 saturated heterocycles. The van der Waals surface area contributed by atoms with Gasteiger partial charge < -0.3 is 10.7 Å². The molecule has 1 aliphatic carbocycles. The van der Waals surface area contributed by atoms with Crippen LogP contribution in [0.5, 0.6) is 0 Å². The first-order valence-electron chi connectivity index (χ1n) is 5.67. The summed E-state index contributed by atoms with van der Waals surface area (Å²) < 4.78 is 0. The van der Waals surface area contributed by atoms with Gasteiger partial charge in [0.1, 0.15) is 5.82 Å². The fraction of sp³-hybridized carbons (Fsp3) is 0.308. The Kier molecular flexibility index (Phi) is 2.26. The number of hydrogen-bond acceptors (Lipinski definition) is 2. The van der Waals surface area contributed by atoms with Crippen molar-refractivity contribution in [2.24, 2.45) is 5.73 Å². The van der Waals surface area contributed by atoms with Crippen LogP contribution in [-0.2, 0) is 6.42 Å². The number of rotatable bonds is 3. The zero-order valence-corrected chi connectivity index (χ0v) is 9.06. The maximum atomic E-state index is 6.11. The summed E-state index contributed by atoms with van der Waals surface area (Å²) in [7, 11) is 0. The third-order valence-corrected chi connectivity index (χ3v) is 3.37. The van der Waals surface area contributed by atoms with E-state index in [0.29, 0.717) is 5.92 Å². The van der Waals surface area contributed by atoms with Crippen molar-refractivity contribution in [2.45, 2.75) is 24.8 Å². The Balaban J connectivity index is 1.70. The molecule has 1 aromatic carbocycles. The highest BCUT2D eigenvalue weighted by molar-refractivity contribution is 5.40. The van der Waals surface area contributed by atoms with Gasteiger partial charge in [0.05, 0.1) is 6.04 Å². The van der Waals surface area contributed by atoms with Crippen molar-refractivity contribution in [1.29, 1.82) is 0 Å². The number of hydrogen-bond donors (Lipinski definition) is 2. The smallest absolute Gasteiger partial charge is 0.123 e. The van der Waals surface area contributed by atoms with E-state index in [1.165, 1.54) is 11.1 Å². The zero-order chi connectivity index (χ0) is 11.0. The fourth-order valence-electron chi connectivity index (χ4n) is 2.47. The molecule has 3 rings (SSSR count). The van der Waals surface area contributed by atoms with Crippen LogP contribution in [-0.4, -0.2) is 9.97 Å². The highest BCUT2D eigenvalue weighted by Crippen LogP contribution is 2.39. The summed E-state index contributed by atoms with van der Waals surface area (Å²) in [6.45, 7) is 0. The summed E-state index contributed by atoms with van der Waals surface area (Å²) in [4.78, 5) is 7.28. The Bertz CT molecular complexity index is 476. The van der Waals surface area contributed by atoms with Crippen LogP contribution in [0.3, 0.4) is 0 Å². The quantitative estimate of drug-likeness (QED) is 0.820. The normalized spacial score (nSPS) is 19.9. The van der Waals surface area contributed by atoms with Gasteiger partial charge in [-0.2, -0.15) is 0 Å². The predicted octanol–water partition coefficient (Wildman–Crippen LogP) is 2.14. The Hall–Kier alpha value is -1.61. The van der Waals surface area contributed by atoms with Gasteiger partial charge in [0.2, 0.25) is 0 Å². The highest BCUT2D eigenvalue weighted by atomic mass is 14.9. The van der Waals surface area contributed by atoms with E-state index in [4.69, 9.17) is 5.73 Å². The van der Waals surface area contributed by atoms with Gasteiger partial charge >= 0.3 is 0 Å². The first kappa shape index (κ1) is 9.60. The van der Waals surface area contributed by atoms with E-state index in [-0.39, 0.29) is 6.04 Å². The van der Waals surface area contributed by atoms with Crippen molar-refractivity contribution in [3.63, 3.8) is 0 Å². The number of fused-ring (bicyclic) bond motifs is 1. The van der Waals surface area contributed by atoms with E-state index in [2.05, 4.69) is 34.2 Å². The van der Waals surface area contributed by atoms with Crippen molar-refractivity contribution < 1.29 is 0 Å². The molecule has 1 aromatic heterocycles. The standard InChI is InChI=1S/C13H15N3/c14-12(13-15-5-6-16-13)8-10-7-9-3-1-2-4-11(9)10/h1-6,10,12H,7-8,14H2,(H,15,16). The first-order chi connectivity index (χ1) is 7.84. The van der Waals surface area contributed by atoms with Crippen LogP contribution in [0.4, 0.5) is 0 Å². The van der Waals surface area contributed by atoms with E-state index in [0.717, 1.165) is 18.7 Å². The summed E-state index contributed by atoms with van der Waals surface area (Å²) in [5, 5.41) is 0. The number of nitrogens with two attached hydrogens (primary N) is 1. The van der Waals surface area contributed by atoms with Gasteiger partial charge in [0, 0.05) is 12.4 Å². The molecule has 2 atom stereocenters. The lowest BCUT2D eigenvalue weighted by Crippen LogP contribution is -2.23. The number of imidazole rings is 1. The molecule has 3 nitrogen and oxygen atoms in total. The second kappa shape index (κ2) is 3.76. The Labute approximate surface area is 94.7 Å². The molecule has 0 saturated carbocycles. The average Bonchev–Trinajstić information content (AvgIpc) is 2.79. The van der Waals surface area contributed by atoms with Gasteiger partial charge in [-0.25, -0.2) is 4.98 Å². The monoisotopic (exact) mass is 213 g/mol. The average molecular weight is 213 g/mol. The summed E-state index contributed by atoms with van der Waals surface area (Å²) in [6, 6.07) is 8.63. The third-order valence-electron chi connectivity index (χ3n) is 3.37. The lowest BCUT2D eigenvalue weighted by Gasteiger charge is -2.31. The maximum absolute atomic E-state index is 6.11. The minimum atomic E-state index is 0.0216. The molecule has 16 heavy (non-hydrogen) atoms. The van der Waals surface area contributed by atoms with Crippen LogP contribution in [0, 0.1) is 0 Å². The summed E-state index contributed by atoms with van der Waals surface area (Å²) in [5.41, 5.74) is 9.05. The minimum Gasteiger partial charge on any atom is -0.347 e. The van der Waals surface area contributed by atoms with Crippen LogP contribution in [0.2, 0.25) is 0 Å². The Morgan fingerprint density at radius 3 is 3.06 bits per heavy atom. The second-order valence-corrected chi connectivity index (χ2v) is 4.42. The third kappa shape index (κ3) is 1.53. The molecule has 0 radical (unpaired) electrons. The molecule has 0 fully saturated rings. The first-order valence-corrected chi connectivity index (χ1v) is 5.67. The van der Waals surface area contributed by atoms with Crippen molar-refractivity contribution in [3.8, 4) is 0 Å². The number of nitrogens with zero attached hydrogens (tertiary/aromatic N) is 1. The van der Waals surface area contributed by atoms with E-state index in [9.17, 15) is 0 Å². The molecule has 2 unspecified atom stereocenters. The van der Waals surface area contributed by atoms with Gasteiger partial charge in [-0.15, -0.1) is 0 Å². The molecule has 3 heteroatoms. The Morgan fingerprint density at radius 2 is 2.31 bits per heavy atom. The molecule has 0 bridgehead atoms. The summed E-state index contributed by atoms with van der Waals surface area (Å²) in [5.74, 6) is 1.50. The van der Waals surface area contributed by atoms with Crippen LogP contribution in [0.1, 0.15) is 35.3 Å². The summed E-state index contributed by atoms with van der Waals surface area (Å²) >= 11 is 0. The molecule has 1 aliphatic rings. The SMILES string of the molecule is NC(CC1Cc2ccccc21)c1ncc[nH]1. The molecule has 0 amide bonds. The van der Waals surface area contributed by atoms with Crippen LogP contribution >= 0.6 is 0 Å². The van der Waals surface area contributed by atoms with Gasteiger partial charge in [0.15, 0.2) is 0 Å². The number of H-pyrrole nitrogens is 1. The molecular weight excluding hydrogens is 198 g/mol. The summed E-state index contributed by atoms with van der Waals surface area (Å²) in [6.07, 6.45) is 5.71. The molecule has 2 aromatic rings.